The van der Waals surface area contributed by atoms with Gasteiger partial charge in [-0.15, -0.1) is 0 Å². The van der Waals surface area contributed by atoms with Crippen LogP contribution >= 0.6 is 0 Å². The third kappa shape index (κ3) is 3.29. The normalized spacial score (nSPS) is 18.6. The van der Waals surface area contributed by atoms with Crippen molar-refractivity contribution < 1.29 is 4.79 Å². The minimum absolute atomic E-state index is 0.0746. The zero-order valence-corrected chi connectivity index (χ0v) is 13.4. The third-order valence-corrected chi connectivity index (χ3v) is 4.28. The number of nitrogens with one attached hydrogen (secondary N) is 1. The third-order valence-electron chi connectivity index (χ3n) is 4.28. The van der Waals surface area contributed by atoms with E-state index in [4.69, 9.17) is 5.73 Å². The Morgan fingerprint density at radius 1 is 1.38 bits per heavy atom. The molecule has 1 amide bonds. The van der Waals surface area contributed by atoms with Crippen molar-refractivity contribution in [1.29, 1.82) is 0 Å². The van der Waals surface area contributed by atoms with Crippen molar-refractivity contribution >= 4 is 17.3 Å². The molecule has 0 spiro atoms. The van der Waals surface area contributed by atoms with E-state index in [9.17, 15) is 4.79 Å². The molecule has 0 atom stereocenters. The fraction of sp³-hybridized carbons (Fsp3) is 0.562. The summed E-state index contributed by atoms with van der Waals surface area (Å²) >= 11 is 0. The number of nitrogen functional groups attached to an aromatic ring is 1. The highest BCUT2D eigenvalue weighted by atomic mass is 16.1. The van der Waals surface area contributed by atoms with Crippen molar-refractivity contribution in [3.05, 3.63) is 23.8 Å². The summed E-state index contributed by atoms with van der Waals surface area (Å²) in [7, 11) is 2.15. The number of nitrogens with zero attached hydrogens (tertiary/aromatic N) is 2. The molecule has 1 fully saturated rings. The Morgan fingerprint density at radius 3 is 2.67 bits per heavy atom. The Bertz CT molecular complexity index is 527. The smallest absolute Gasteiger partial charge is 0.251 e. The maximum Gasteiger partial charge on any atom is 0.251 e. The summed E-state index contributed by atoms with van der Waals surface area (Å²) in [6.45, 7) is 9.87. The van der Waals surface area contributed by atoms with Gasteiger partial charge in [0.2, 0.25) is 0 Å². The van der Waals surface area contributed by atoms with E-state index in [0.29, 0.717) is 17.8 Å². The predicted octanol–water partition coefficient (Wildman–Crippen LogP) is 1.55. The first kappa shape index (κ1) is 15.6. The maximum atomic E-state index is 11.8. The van der Waals surface area contributed by atoms with Crippen LogP contribution in [0, 0.1) is 0 Å². The van der Waals surface area contributed by atoms with Crippen molar-refractivity contribution in [3.63, 3.8) is 0 Å². The first-order valence-corrected chi connectivity index (χ1v) is 7.49. The maximum absolute atomic E-state index is 11.8. The summed E-state index contributed by atoms with van der Waals surface area (Å²) in [5, 5.41) is 2.79. The Morgan fingerprint density at radius 2 is 2.10 bits per heavy atom. The summed E-state index contributed by atoms with van der Waals surface area (Å²) in [6.07, 6.45) is 0. The number of hydrogen-bond donors (Lipinski definition) is 2. The monoisotopic (exact) mass is 290 g/mol. The van der Waals surface area contributed by atoms with Gasteiger partial charge in [0, 0.05) is 37.3 Å². The van der Waals surface area contributed by atoms with Gasteiger partial charge in [0.15, 0.2) is 0 Å². The molecular weight excluding hydrogens is 264 g/mol. The van der Waals surface area contributed by atoms with E-state index in [1.54, 1.807) is 6.07 Å². The molecule has 5 heteroatoms. The fourth-order valence-corrected chi connectivity index (χ4v) is 2.69. The van der Waals surface area contributed by atoms with E-state index in [2.05, 4.69) is 36.0 Å². The highest BCUT2D eigenvalue weighted by molar-refractivity contribution is 5.96. The van der Waals surface area contributed by atoms with Crippen LogP contribution in [0.4, 0.5) is 11.4 Å². The van der Waals surface area contributed by atoms with Crippen molar-refractivity contribution in [2.24, 2.45) is 0 Å². The number of carbonyl (C=O) groups is 1. The van der Waals surface area contributed by atoms with E-state index in [1.165, 1.54) is 0 Å². The quantitative estimate of drug-likeness (QED) is 0.829. The van der Waals surface area contributed by atoms with Crippen molar-refractivity contribution in [2.45, 2.75) is 26.3 Å². The van der Waals surface area contributed by atoms with Crippen LogP contribution in [-0.4, -0.2) is 49.6 Å². The first-order chi connectivity index (χ1) is 9.85. The molecule has 0 unspecified atom stereocenters. The lowest BCUT2D eigenvalue weighted by atomic mass is 9.99. The molecule has 116 valence electrons. The highest BCUT2D eigenvalue weighted by Crippen LogP contribution is 2.29. The number of piperazine rings is 1. The van der Waals surface area contributed by atoms with Gasteiger partial charge in [0.25, 0.3) is 5.91 Å². The largest absolute Gasteiger partial charge is 0.397 e. The number of hydrogen-bond acceptors (Lipinski definition) is 4. The summed E-state index contributed by atoms with van der Waals surface area (Å²) < 4.78 is 0. The van der Waals surface area contributed by atoms with Gasteiger partial charge >= 0.3 is 0 Å². The van der Waals surface area contributed by atoms with Gasteiger partial charge < -0.3 is 16.0 Å². The molecule has 1 aliphatic heterocycles. The van der Waals surface area contributed by atoms with Gasteiger partial charge in [-0.2, -0.15) is 0 Å². The van der Waals surface area contributed by atoms with Crippen LogP contribution in [0.1, 0.15) is 31.1 Å². The van der Waals surface area contributed by atoms with Crippen LogP contribution in [-0.2, 0) is 0 Å². The molecule has 1 saturated heterocycles. The van der Waals surface area contributed by atoms with E-state index in [1.807, 2.05) is 19.1 Å². The molecular formula is C16H26N4O. The van der Waals surface area contributed by atoms with Crippen molar-refractivity contribution in [1.82, 2.24) is 10.2 Å². The van der Waals surface area contributed by atoms with Crippen LogP contribution in [0.5, 0.6) is 0 Å². The molecule has 1 aromatic carbocycles. The summed E-state index contributed by atoms with van der Waals surface area (Å²) in [6, 6.07) is 5.58. The predicted molar refractivity (Wildman–Crippen MR) is 87.8 cm³/mol. The van der Waals surface area contributed by atoms with Crippen molar-refractivity contribution in [2.75, 3.05) is 43.9 Å². The number of anilines is 2. The van der Waals surface area contributed by atoms with Gasteiger partial charge in [-0.05, 0) is 46.0 Å². The van der Waals surface area contributed by atoms with Crippen LogP contribution < -0.4 is 16.0 Å². The average molecular weight is 290 g/mol. The second-order valence-corrected chi connectivity index (χ2v) is 6.29. The van der Waals surface area contributed by atoms with Crippen LogP contribution in [0.25, 0.3) is 0 Å². The van der Waals surface area contributed by atoms with Gasteiger partial charge in [-0.3, -0.25) is 9.69 Å². The van der Waals surface area contributed by atoms with E-state index >= 15 is 0 Å². The zero-order chi connectivity index (χ0) is 15.6. The SMILES string of the molecule is CCNC(=O)c1ccc(N2CCN(C)C(C)(C)C2)c(N)c1. The summed E-state index contributed by atoms with van der Waals surface area (Å²) in [5.74, 6) is -0.0746. The molecule has 2 rings (SSSR count). The van der Waals surface area contributed by atoms with Gasteiger partial charge in [0.05, 0.1) is 11.4 Å². The average Bonchev–Trinajstić information content (AvgIpc) is 2.42. The van der Waals surface area contributed by atoms with Crippen LogP contribution in [0.2, 0.25) is 0 Å². The molecule has 1 heterocycles. The van der Waals surface area contributed by atoms with Gasteiger partial charge in [-0.1, -0.05) is 0 Å². The van der Waals surface area contributed by atoms with Crippen LogP contribution in [0.3, 0.4) is 0 Å². The molecule has 1 aromatic rings. The Kier molecular flexibility index (Phi) is 4.42. The minimum atomic E-state index is -0.0746. The molecule has 0 saturated carbocycles. The molecule has 0 aromatic heterocycles. The first-order valence-electron chi connectivity index (χ1n) is 7.49. The van der Waals surface area contributed by atoms with E-state index < -0.39 is 0 Å². The second kappa shape index (κ2) is 5.93. The molecule has 0 bridgehead atoms. The Balaban J connectivity index is 2.20. The summed E-state index contributed by atoms with van der Waals surface area (Å²) in [4.78, 5) is 16.5. The number of amides is 1. The summed E-state index contributed by atoms with van der Waals surface area (Å²) in [5.41, 5.74) is 8.59. The van der Waals surface area contributed by atoms with Gasteiger partial charge in [0.1, 0.15) is 0 Å². The van der Waals surface area contributed by atoms with Gasteiger partial charge in [-0.25, -0.2) is 0 Å². The number of benzene rings is 1. The van der Waals surface area contributed by atoms with Crippen molar-refractivity contribution in [3.8, 4) is 0 Å². The molecule has 21 heavy (non-hydrogen) atoms. The number of nitrogens with two attached hydrogens (primary N) is 1. The molecule has 0 aliphatic carbocycles. The van der Waals surface area contributed by atoms with E-state index in [-0.39, 0.29) is 11.4 Å². The standard InChI is InChI=1S/C16H26N4O/c1-5-18-15(21)12-6-7-14(13(17)10-12)20-9-8-19(4)16(2,3)11-20/h6-7,10H,5,8-9,11,17H2,1-4H3,(H,18,21). The topological polar surface area (TPSA) is 61.6 Å². The fourth-order valence-electron chi connectivity index (χ4n) is 2.69. The minimum Gasteiger partial charge on any atom is -0.397 e. The zero-order valence-electron chi connectivity index (χ0n) is 13.4. The Hall–Kier alpha value is -1.75. The van der Waals surface area contributed by atoms with Crippen LogP contribution in [0.15, 0.2) is 18.2 Å². The molecule has 3 N–H and O–H groups in total. The van der Waals surface area contributed by atoms with E-state index in [0.717, 1.165) is 25.3 Å². The molecule has 1 aliphatic rings. The lowest BCUT2D eigenvalue weighted by Crippen LogP contribution is -2.57. The Labute approximate surface area is 127 Å². The highest BCUT2D eigenvalue weighted by Gasteiger charge is 2.31. The number of rotatable bonds is 3. The second-order valence-electron chi connectivity index (χ2n) is 6.29. The lowest BCUT2D eigenvalue weighted by Gasteiger charge is -2.46. The lowest BCUT2D eigenvalue weighted by molar-refractivity contribution is 0.0956. The number of likely N-dealkylation sites (N-methyl/N-ethyl adjacent to an activating group) is 1. The molecule has 5 nitrogen and oxygen atoms in total. The molecule has 0 radical (unpaired) electrons. The number of carbonyl (C=O) groups excluding carboxylic acids is 1.